The molecule has 0 spiro atoms. The predicted molar refractivity (Wildman–Crippen MR) is 78.3 cm³/mol. The van der Waals surface area contributed by atoms with Gasteiger partial charge in [-0.3, -0.25) is 4.98 Å². The zero-order valence-corrected chi connectivity index (χ0v) is 12.3. The molecule has 1 saturated carbocycles. The summed E-state index contributed by atoms with van der Waals surface area (Å²) in [4.78, 5) is 8.29. The van der Waals surface area contributed by atoms with Crippen LogP contribution in [-0.2, 0) is 0 Å². The van der Waals surface area contributed by atoms with Crippen LogP contribution in [-0.4, -0.2) is 39.0 Å². The van der Waals surface area contributed by atoms with Gasteiger partial charge in [0.05, 0.1) is 12.8 Å². The van der Waals surface area contributed by atoms with E-state index < -0.39 is 0 Å². The first-order valence-corrected chi connectivity index (χ1v) is 7.98. The molecule has 1 aliphatic carbocycles. The number of aliphatic hydroxyl groups is 1. The number of hydrogen-bond acceptors (Lipinski definition) is 5. The predicted octanol–water partition coefficient (Wildman–Crippen LogP) is 2.24. The first-order chi connectivity index (χ1) is 9.22. The highest BCUT2D eigenvalue weighted by Gasteiger charge is 2.31. The SMILES string of the molecule is CC(CO)(CCCCSc1cnccn1)NC1CC1. The van der Waals surface area contributed by atoms with E-state index in [1.54, 1.807) is 30.4 Å². The molecule has 1 aromatic rings. The van der Waals surface area contributed by atoms with Crippen LogP contribution in [0.2, 0.25) is 0 Å². The fourth-order valence-corrected chi connectivity index (χ4v) is 2.90. The molecule has 1 fully saturated rings. The number of aliphatic hydroxyl groups excluding tert-OH is 1. The molecule has 0 saturated heterocycles. The molecule has 1 aromatic heterocycles. The van der Waals surface area contributed by atoms with Crippen LogP contribution in [0.25, 0.3) is 0 Å². The van der Waals surface area contributed by atoms with E-state index in [1.807, 2.05) is 0 Å². The molecule has 4 nitrogen and oxygen atoms in total. The quantitative estimate of drug-likeness (QED) is 0.537. The Morgan fingerprint density at radius 3 is 2.89 bits per heavy atom. The standard InChI is InChI=1S/C14H23N3OS/c1-14(11-18,17-12-4-5-12)6-2-3-9-19-13-10-15-7-8-16-13/h7-8,10,12,17-18H,2-6,9,11H2,1H3. The normalized spacial score (nSPS) is 18.2. The number of aromatic nitrogens is 2. The summed E-state index contributed by atoms with van der Waals surface area (Å²) in [6, 6.07) is 0.645. The third-order valence-corrected chi connectivity index (χ3v) is 4.39. The van der Waals surface area contributed by atoms with Gasteiger partial charge in [0.25, 0.3) is 0 Å². The molecule has 5 heteroatoms. The van der Waals surface area contributed by atoms with Crippen LogP contribution in [0, 0.1) is 0 Å². The lowest BCUT2D eigenvalue weighted by Gasteiger charge is -2.29. The average molecular weight is 281 g/mol. The maximum absolute atomic E-state index is 9.51. The summed E-state index contributed by atoms with van der Waals surface area (Å²) < 4.78 is 0. The molecule has 0 radical (unpaired) electrons. The van der Waals surface area contributed by atoms with Gasteiger partial charge in [0, 0.05) is 24.0 Å². The van der Waals surface area contributed by atoms with Gasteiger partial charge in [-0.05, 0) is 38.4 Å². The van der Waals surface area contributed by atoms with E-state index in [0.29, 0.717) is 6.04 Å². The molecular weight excluding hydrogens is 258 g/mol. The van der Waals surface area contributed by atoms with Crippen molar-refractivity contribution in [2.24, 2.45) is 0 Å². The van der Waals surface area contributed by atoms with E-state index in [1.165, 1.54) is 12.8 Å². The van der Waals surface area contributed by atoms with Crippen molar-refractivity contribution >= 4 is 11.8 Å². The highest BCUT2D eigenvalue weighted by atomic mass is 32.2. The molecule has 1 unspecified atom stereocenters. The smallest absolute Gasteiger partial charge is 0.114 e. The zero-order chi connectivity index (χ0) is 13.6. The summed E-state index contributed by atoms with van der Waals surface area (Å²) in [5.74, 6) is 1.06. The minimum atomic E-state index is -0.0988. The Bertz CT molecular complexity index is 372. The van der Waals surface area contributed by atoms with E-state index >= 15 is 0 Å². The van der Waals surface area contributed by atoms with E-state index in [9.17, 15) is 5.11 Å². The Labute approximate surface area is 119 Å². The lowest BCUT2D eigenvalue weighted by Crippen LogP contribution is -2.46. The van der Waals surface area contributed by atoms with Gasteiger partial charge < -0.3 is 10.4 Å². The first-order valence-electron chi connectivity index (χ1n) is 6.99. The first kappa shape index (κ1) is 14.8. The highest BCUT2D eigenvalue weighted by molar-refractivity contribution is 7.99. The number of nitrogens with zero attached hydrogens (tertiary/aromatic N) is 2. The maximum atomic E-state index is 9.51. The molecule has 1 aliphatic rings. The number of unbranched alkanes of at least 4 members (excludes halogenated alkanes) is 1. The van der Waals surface area contributed by atoms with Crippen LogP contribution in [0.5, 0.6) is 0 Å². The molecule has 0 aromatic carbocycles. The number of nitrogens with one attached hydrogen (secondary N) is 1. The summed E-state index contributed by atoms with van der Waals surface area (Å²) in [5.41, 5.74) is -0.0988. The zero-order valence-electron chi connectivity index (χ0n) is 11.5. The number of rotatable bonds is 9. The molecule has 1 atom stereocenters. The summed E-state index contributed by atoms with van der Waals surface area (Å²) in [6.07, 6.45) is 11.0. The fraction of sp³-hybridized carbons (Fsp3) is 0.714. The Morgan fingerprint density at radius 1 is 1.42 bits per heavy atom. The monoisotopic (exact) mass is 281 g/mol. The van der Waals surface area contributed by atoms with Gasteiger partial charge in [-0.1, -0.05) is 6.42 Å². The topological polar surface area (TPSA) is 58.0 Å². The van der Waals surface area contributed by atoms with Crippen LogP contribution in [0.15, 0.2) is 23.6 Å². The molecule has 19 heavy (non-hydrogen) atoms. The van der Waals surface area contributed by atoms with Gasteiger partial charge in [-0.25, -0.2) is 4.98 Å². The Balaban J connectivity index is 1.60. The van der Waals surface area contributed by atoms with Gasteiger partial charge in [0.15, 0.2) is 0 Å². The van der Waals surface area contributed by atoms with Crippen molar-refractivity contribution in [1.82, 2.24) is 15.3 Å². The molecule has 0 aliphatic heterocycles. The third-order valence-electron chi connectivity index (χ3n) is 3.39. The van der Waals surface area contributed by atoms with Crippen molar-refractivity contribution in [2.45, 2.75) is 55.6 Å². The molecular formula is C14H23N3OS. The highest BCUT2D eigenvalue weighted by Crippen LogP contribution is 2.25. The second-order valence-electron chi connectivity index (χ2n) is 5.49. The van der Waals surface area contributed by atoms with Crippen molar-refractivity contribution in [3.63, 3.8) is 0 Å². The number of thioether (sulfide) groups is 1. The maximum Gasteiger partial charge on any atom is 0.114 e. The minimum Gasteiger partial charge on any atom is -0.394 e. The van der Waals surface area contributed by atoms with Gasteiger partial charge in [0.2, 0.25) is 0 Å². The van der Waals surface area contributed by atoms with Gasteiger partial charge in [0.1, 0.15) is 5.03 Å². The van der Waals surface area contributed by atoms with Crippen molar-refractivity contribution in [1.29, 1.82) is 0 Å². The summed E-state index contributed by atoms with van der Waals surface area (Å²) in [5, 5.41) is 14.0. The van der Waals surface area contributed by atoms with Crippen LogP contribution in [0.3, 0.4) is 0 Å². The van der Waals surface area contributed by atoms with Crippen molar-refractivity contribution in [3.05, 3.63) is 18.6 Å². The Hall–Kier alpha value is -0.650. The number of hydrogen-bond donors (Lipinski definition) is 2. The molecule has 0 amide bonds. The Kier molecular flexibility index (Phi) is 5.60. The summed E-state index contributed by atoms with van der Waals surface area (Å²) in [6.45, 7) is 2.35. The fourth-order valence-electron chi connectivity index (χ4n) is 2.07. The van der Waals surface area contributed by atoms with E-state index in [2.05, 4.69) is 22.2 Å². The molecule has 2 N–H and O–H groups in total. The van der Waals surface area contributed by atoms with E-state index in [0.717, 1.165) is 30.0 Å². The Morgan fingerprint density at radius 2 is 2.26 bits per heavy atom. The van der Waals surface area contributed by atoms with Gasteiger partial charge in [-0.2, -0.15) is 0 Å². The minimum absolute atomic E-state index is 0.0988. The molecule has 1 heterocycles. The molecule has 106 valence electrons. The van der Waals surface area contributed by atoms with Crippen molar-refractivity contribution in [3.8, 4) is 0 Å². The second kappa shape index (κ2) is 7.22. The van der Waals surface area contributed by atoms with Crippen LogP contribution in [0.1, 0.15) is 39.0 Å². The largest absolute Gasteiger partial charge is 0.394 e. The van der Waals surface area contributed by atoms with Crippen LogP contribution >= 0.6 is 11.8 Å². The molecule has 2 rings (SSSR count). The lowest BCUT2D eigenvalue weighted by atomic mass is 9.96. The van der Waals surface area contributed by atoms with E-state index in [-0.39, 0.29) is 12.1 Å². The summed E-state index contributed by atoms with van der Waals surface area (Å²) >= 11 is 1.75. The second-order valence-corrected chi connectivity index (χ2v) is 6.60. The van der Waals surface area contributed by atoms with E-state index in [4.69, 9.17) is 0 Å². The lowest BCUT2D eigenvalue weighted by molar-refractivity contribution is 0.161. The van der Waals surface area contributed by atoms with Crippen molar-refractivity contribution < 1.29 is 5.11 Å². The van der Waals surface area contributed by atoms with Crippen molar-refractivity contribution in [2.75, 3.05) is 12.4 Å². The molecule has 0 bridgehead atoms. The average Bonchev–Trinajstić information content (AvgIpc) is 3.23. The third kappa shape index (κ3) is 5.47. The summed E-state index contributed by atoms with van der Waals surface area (Å²) in [7, 11) is 0. The van der Waals surface area contributed by atoms with Gasteiger partial charge >= 0.3 is 0 Å². The van der Waals surface area contributed by atoms with Crippen LogP contribution < -0.4 is 5.32 Å². The van der Waals surface area contributed by atoms with Crippen LogP contribution in [0.4, 0.5) is 0 Å². The van der Waals surface area contributed by atoms with Gasteiger partial charge in [-0.15, -0.1) is 11.8 Å².